The fraction of sp³-hybridized carbons (Fsp3) is 0.556. The number of para-hydroxylation sites is 2. The summed E-state index contributed by atoms with van der Waals surface area (Å²) in [5, 5.41) is 9.10. The number of carbonyl (C=O) groups excluding carboxylic acids is 1. The number of aliphatic hydroxyl groups is 1. The molecule has 0 unspecified atom stereocenters. The van der Waals surface area contributed by atoms with Crippen molar-refractivity contribution in [2.45, 2.75) is 45.1 Å². The molecule has 2 aromatic rings. The van der Waals surface area contributed by atoms with E-state index < -0.39 is 0 Å². The summed E-state index contributed by atoms with van der Waals surface area (Å²) >= 11 is 0. The third-order valence-corrected chi connectivity index (χ3v) is 4.54. The van der Waals surface area contributed by atoms with E-state index in [1.54, 1.807) is 0 Å². The molecule has 0 atom stereocenters. The SMILES string of the molecule is O=C(Cn1c(CCCO)nc2ccccc21)N1CCCCCC1. The van der Waals surface area contributed by atoms with Gasteiger partial charge in [0.15, 0.2) is 0 Å². The number of amides is 1. The van der Waals surface area contributed by atoms with Gasteiger partial charge in [0.1, 0.15) is 12.4 Å². The lowest BCUT2D eigenvalue weighted by Gasteiger charge is -2.21. The number of nitrogens with zero attached hydrogens (tertiary/aromatic N) is 3. The van der Waals surface area contributed by atoms with Crippen LogP contribution in [0.3, 0.4) is 0 Å². The van der Waals surface area contributed by atoms with Crippen molar-refractivity contribution in [2.24, 2.45) is 0 Å². The number of hydrogen-bond donors (Lipinski definition) is 1. The van der Waals surface area contributed by atoms with E-state index in [1.807, 2.05) is 33.7 Å². The molecule has 2 heterocycles. The van der Waals surface area contributed by atoms with Crippen LogP contribution in [0.1, 0.15) is 37.9 Å². The molecule has 0 spiro atoms. The molecular weight excluding hydrogens is 290 g/mol. The third kappa shape index (κ3) is 3.72. The Balaban J connectivity index is 1.83. The number of benzene rings is 1. The number of carbonyl (C=O) groups is 1. The molecule has 5 heteroatoms. The number of fused-ring (bicyclic) bond motifs is 1. The Morgan fingerprint density at radius 3 is 2.61 bits per heavy atom. The van der Waals surface area contributed by atoms with E-state index in [1.165, 1.54) is 12.8 Å². The van der Waals surface area contributed by atoms with E-state index in [4.69, 9.17) is 5.11 Å². The summed E-state index contributed by atoms with van der Waals surface area (Å²) < 4.78 is 2.03. The van der Waals surface area contributed by atoms with Gasteiger partial charge in [-0.3, -0.25) is 4.79 Å². The molecule has 1 aromatic carbocycles. The minimum Gasteiger partial charge on any atom is -0.396 e. The maximum atomic E-state index is 12.7. The number of hydrogen-bond acceptors (Lipinski definition) is 3. The first-order valence-corrected chi connectivity index (χ1v) is 8.62. The standard InChI is InChI=1S/C18H25N3O2/c22-13-7-10-17-19-15-8-3-4-9-16(15)21(17)14-18(23)20-11-5-1-2-6-12-20/h3-4,8-9,22H,1-2,5-7,10-14H2. The van der Waals surface area contributed by atoms with Crippen LogP contribution >= 0.6 is 0 Å². The number of aliphatic hydroxyl groups excluding tert-OH is 1. The van der Waals surface area contributed by atoms with E-state index in [0.717, 1.165) is 42.8 Å². The third-order valence-electron chi connectivity index (χ3n) is 4.54. The lowest BCUT2D eigenvalue weighted by Crippen LogP contribution is -2.34. The summed E-state index contributed by atoms with van der Waals surface area (Å²) in [6.45, 7) is 2.24. The number of rotatable bonds is 5. The fourth-order valence-corrected chi connectivity index (χ4v) is 3.29. The molecule has 124 valence electrons. The van der Waals surface area contributed by atoms with Crippen LogP contribution in [0.5, 0.6) is 0 Å². The first-order valence-electron chi connectivity index (χ1n) is 8.62. The summed E-state index contributed by atoms with van der Waals surface area (Å²) in [4.78, 5) is 19.4. The van der Waals surface area contributed by atoms with Crippen molar-refractivity contribution < 1.29 is 9.90 Å². The van der Waals surface area contributed by atoms with Crippen LogP contribution in [-0.4, -0.2) is 45.2 Å². The van der Waals surface area contributed by atoms with Gasteiger partial charge >= 0.3 is 0 Å². The van der Waals surface area contributed by atoms with E-state index in [-0.39, 0.29) is 12.5 Å². The van der Waals surface area contributed by atoms with E-state index >= 15 is 0 Å². The van der Waals surface area contributed by atoms with E-state index in [2.05, 4.69) is 4.98 Å². The molecule has 1 fully saturated rings. The quantitative estimate of drug-likeness (QED) is 0.921. The highest BCUT2D eigenvalue weighted by molar-refractivity contribution is 5.81. The first kappa shape index (κ1) is 16.0. The average Bonchev–Trinajstić information content (AvgIpc) is 2.76. The smallest absolute Gasteiger partial charge is 0.242 e. The van der Waals surface area contributed by atoms with Crippen molar-refractivity contribution in [2.75, 3.05) is 19.7 Å². The predicted octanol–water partition coefficient (Wildman–Crippen LogP) is 2.36. The van der Waals surface area contributed by atoms with E-state index in [0.29, 0.717) is 19.4 Å². The summed E-state index contributed by atoms with van der Waals surface area (Å²) in [5.41, 5.74) is 1.92. The van der Waals surface area contributed by atoms with Gasteiger partial charge in [0, 0.05) is 26.1 Å². The highest BCUT2D eigenvalue weighted by Crippen LogP contribution is 2.18. The van der Waals surface area contributed by atoms with Crippen molar-refractivity contribution >= 4 is 16.9 Å². The Bertz CT molecular complexity index is 657. The molecule has 1 aliphatic heterocycles. The van der Waals surface area contributed by atoms with Gasteiger partial charge in [-0.05, 0) is 31.4 Å². The van der Waals surface area contributed by atoms with Gasteiger partial charge in [0.25, 0.3) is 0 Å². The highest BCUT2D eigenvalue weighted by atomic mass is 16.3. The Morgan fingerprint density at radius 1 is 1.13 bits per heavy atom. The molecule has 1 amide bonds. The molecule has 1 N–H and O–H groups in total. The minimum absolute atomic E-state index is 0.142. The normalized spacial score (nSPS) is 15.8. The number of aryl methyl sites for hydroxylation is 1. The van der Waals surface area contributed by atoms with E-state index in [9.17, 15) is 4.79 Å². The second kappa shape index (κ2) is 7.59. The molecule has 5 nitrogen and oxygen atoms in total. The van der Waals surface area contributed by atoms with Crippen LogP contribution in [0.2, 0.25) is 0 Å². The summed E-state index contributed by atoms with van der Waals surface area (Å²) in [7, 11) is 0. The number of aromatic nitrogens is 2. The Morgan fingerprint density at radius 2 is 1.87 bits per heavy atom. The van der Waals surface area contributed by atoms with Gasteiger partial charge in [-0.1, -0.05) is 25.0 Å². The second-order valence-corrected chi connectivity index (χ2v) is 6.23. The van der Waals surface area contributed by atoms with Gasteiger partial charge in [-0.15, -0.1) is 0 Å². The molecule has 3 rings (SSSR count). The molecule has 1 aromatic heterocycles. The zero-order chi connectivity index (χ0) is 16.1. The Labute approximate surface area is 136 Å². The fourth-order valence-electron chi connectivity index (χ4n) is 3.29. The lowest BCUT2D eigenvalue weighted by molar-refractivity contribution is -0.131. The number of imidazole rings is 1. The van der Waals surface area contributed by atoms with Crippen molar-refractivity contribution in [3.8, 4) is 0 Å². The molecule has 1 aliphatic rings. The molecule has 0 saturated carbocycles. The van der Waals surface area contributed by atoms with Gasteiger partial charge in [-0.25, -0.2) is 4.98 Å². The van der Waals surface area contributed by atoms with Crippen molar-refractivity contribution in [3.63, 3.8) is 0 Å². The minimum atomic E-state index is 0.142. The average molecular weight is 315 g/mol. The van der Waals surface area contributed by atoms with Crippen LogP contribution in [0, 0.1) is 0 Å². The van der Waals surface area contributed by atoms with Crippen LogP contribution in [0.15, 0.2) is 24.3 Å². The molecule has 23 heavy (non-hydrogen) atoms. The monoisotopic (exact) mass is 315 g/mol. The Hall–Kier alpha value is -1.88. The lowest BCUT2D eigenvalue weighted by atomic mass is 10.2. The van der Waals surface area contributed by atoms with Gasteiger partial charge in [-0.2, -0.15) is 0 Å². The van der Waals surface area contributed by atoms with Gasteiger partial charge in [0.05, 0.1) is 11.0 Å². The topological polar surface area (TPSA) is 58.4 Å². The van der Waals surface area contributed by atoms with Crippen LogP contribution in [0.25, 0.3) is 11.0 Å². The van der Waals surface area contributed by atoms with Crippen LogP contribution in [0.4, 0.5) is 0 Å². The molecule has 0 bridgehead atoms. The van der Waals surface area contributed by atoms with Crippen LogP contribution in [-0.2, 0) is 17.8 Å². The molecule has 0 aliphatic carbocycles. The van der Waals surface area contributed by atoms with Crippen molar-refractivity contribution in [1.82, 2.24) is 14.5 Å². The summed E-state index contributed by atoms with van der Waals surface area (Å²) in [5.74, 6) is 1.07. The molecule has 0 radical (unpaired) electrons. The zero-order valence-corrected chi connectivity index (χ0v) is 13.6. The van der Waals surface area contributed by atoms with Gasteiger partial charge < -0.3 is 14.6 Å². The van der Waals surface area contributed by atoms with Gasteiger partial charge in [0.2, 0.25) is 5.91 Å². The summed E-state index contributed by atoms with van der Waals surface area (Å²) in [6, 6.07) is 7.93. The van der Waals surface area contributed by atoms with Crippen molar-refractivity contribution in [3.05, 3.63) is 30.1 Å². The Kier molecular flexibility index (Phi) is 5.28. The maximum Gasteiger partial charge on any atom is 0.242 e. The zero-order valence-electron chi connectivity index (χ0n) is 13.6. The van der Waals surface area contributed by atoms with Crippen LogP contribution < -0.4 is 0 Å². The number of likely N-dealkylation sites (tertiary alicyclic amines) is 1. The molecule has 1 saturated heterocycles. The largest absolute Gasteiger partial charge is 0.396 e. The summed E-state index contributed by atoms with van der Waals surface area (Å²) in [6.07, 6.45) is 6.01. The maximum absolute atomic E-state index is 12.7. The second-order valence-electron chi connectivity index (χ2n) is 6.23. The predicted molar refractivity (Wildman–Crippen MR) is 90.2 cm³/mol. The van der Waals surface area contributed by atoms with Crippen molar-refractivity contribution in [1.29, 1.82) is 0 Å². The molecular formula is C18H25N3O2. The first-order chi connectivity index (χ1) is 11.3. The highest BCUT2D eigenvalue weighted by Gasteiger charge is 2.19.